The average Bonchev–Trinajstić information content (AvgIpc) is 2.21. The fraction of sp³-hybridized carbons (Fsp3) is 0.400. The molecular weight excluding hydrogens is 226 g/mol. The van der Waals surface area contributed by atoms with Gasteiger partial charge in [0, 0.05) is 13.1 Å². The summed E-state index contributed by atoms with van der Waals surface area (Å²) in [7, 11) is -3.47. The van der Waals surface area contributed by atoms with E-state index in [4.69, 9.17) is 5.73 Å². The Kier molecular flexibility index (Phi) is 4.28. The summed E-state index contributed by atoms with van der Waals surface area (Å²) in [5.41, 5.74) is 7.81. The SMILES string of the molecule is CCNS(=O)(=O)Nc1cc(CN)ccc1C. The van der Waals surface area contributed by atoms with Crippen molar-refractivity contribution >= 4 is 15.9 Å². The van der Waals surface area contributed by atoms with Gasteiger partial charge in [-0.1, -0.05) is 19.1 Å². The standard InChI is InChI=1S/C10H17N3O2S/c1-3-12-16(14,15)13-10-6-9(7-11)5-4-8(10)2/h4-6,12-13H,3,7,11H2,1-2H3. The molecule has 1 aromatic rings. The molecule has 1 rings (SSSR count). The lowest BCUT2D eigenvalue weighted by atomic mass is 10.1. The third-order valence-electron chi connectivity index (χ3n) is 2.12. The van der Waals surface area contributed by atoms with E-state index in [0.717, 1.165) is 11.1 Å². The maximum Gasteiger partial charge on any atom is 0.299 e. The minimum absolute atomic E-state index is 0.352. The Balaban J connectivity index is 2.96. The van der Waals surface area contributed by atoms with Crippen LogP contribution in [0.4, 0.5) is 5.69 Å². The van der Waals surface area contributed by atoms with Gasteiger partial charge in [0.15, 0.2) is 0 Å². The first-order valence-electron chi connectivity index (χ1n) is 5.05. The Morgan fingerprint density at radius 3 is 2.62 bits per heavy atom. The van der Waals surface area contributed by atoms with Crippen molar-refractivity contribution in [3.63, 3.8) is 0 Å². The Labute approximate surface area is 96.2 Å². The largest absolute Gasteiger partial charge is 0.326 e. The zero-order valence-electron chi connectivity index (χ0n) is 9.45. The predicted molar refractivity (Wildman–Crippen MR) is 65.3 cm³/mol. The molecule has 0 aliphatic rings. The number of rotatable bonds is 5. The topological polar surface area (TPSA) is 84.2 Å². The van der Waals surface area contributed by atoms with Crippen molar-refractivity contribution in [3.8, 4) is 0 Å². The minimum atomic E-state index is -3.47. The summed E-state index contributed by atoms with van der Waals surface area (Å²) in [6, 6.07) is 5.45. The van der Waals surface area contributed by atoms with Crippen LogP contribution in [0.1, 0.15) is 18.1 Å². The lowest BCUT2D eigenvalue weighted by molar-refractivity contribution is 0.589. The second-order valence-electron chi connectivity index (χ2n) is 3.46. The lowest BCUT2D eigenvalue weighted by Crippen LogP contribution is -2.30. The number of benzene rings is 1. The van der Waals surface area contributed by atoms with Crippen molar-refractivity contribution in [2.75, 3.05) is 11.3 Å². The number of hydrogen-bond donors (Lipinski definition) is 3. The van der Waals surface area contributed by atoms with Crippen LogP contribution >= 0.6 is 0 Å². The van der Waals surface area contributed by atoms with Crippen molar-refractivity contribution in [2.45, 2.75) is 20.4 Å². The zero-order chi connectivity index (χ0) is 12.2. The average molecular weight is 243 g/mol. The van der Waals surface area contributed by atoms with E-state index in [-0.39, 0.29) is 0 Å². The highest BCUT2D eigenvalue weighted by molar-refractivity contribution is 7.90. The van der Waals surface area contributed by atoms with Gasteiger partial charge in [-0.25, -0.2) is 0 Å². The molecule has 0 bridgehead atoms. The molecule has 0 aromatic heterocycles. The highest BCUT2D eigenvalue weighted by atomic mass is 32.2. The molecule has 0 fully saturated rings. The van der Waals surface area contributed by atoms with E-state index in [1.54, 1.807) is 13.0 Å². The molecule has 0 spiro atoms. The van der Waals surface area contributed by atoms with Crippen LogP contribution in [0.2, 0.25) is 0 Å². The summed E-state index contributed by atoms with van der Waals surface area (Å²) in [5, 5.41) is 0. The molecule has 4 N–H and O–H groups in total. The molecule has 0 heterocycles. The van der Waals surface area contributed by atoms with Gasteiger partial charge in [0.2, 0.25) is 0 Å². The van der Waals surface area contributed by atoms with Gasteiger partial charge in [-0.15, -0.1) is 0 Å². The quantitative estimate of drug-likeness (QED) is 0.712. The van der Waals surface area contributed by atoms with Gasteiger partial charge in [-0.3, -0.25) is 4.72 Å². The van der Waals surface area contributed by atoms with Crippen LogP contribution in [-0.2, 0) is 16.8 Å². The summed E-state index contributed by atoms with van der Waals surface area (Å²) in [6.45, 7) is 4.30. The van der Waals surface area contributed by atoms with Crippen molar-refractivity contribution < 1.29 is 8.42 Å². The number of anilines is 1. The highest BCUT2D eigenvalue weighted by Crippen LogP contribution is 2.17. The molecule has 16 heavy (non-hydrogen) atoms. The van der Waals surface area contributed by atoms with Crippen LogP contribution in [0.15, 0.2) is 18.2 Å². The molecule has 0 amide bonds. The van der Waals surface area contributed by atoms with Crippen molar-refractivity contribution in [1.82, 2.24) is 4.72 Å². The number of nitrogens with one attached hydrogen (secondary N) is 2. The number of nitrogens with two attached hydrogens (primary N) is 1. The molecule has 0 saturated carbocycles. The normalized spacial score (nSPS) is 11.4. The van der Waals surface area contributed by atoms with E-state index < -0.39 is 10.2 Å². The van der Waals surface area contributed by atoms with Crippen LogP contribution in [0.3, 0.4) is 0 Å². The summed E-state index contributed by atoms with van der Waals surface area (Å²) in [4.78, 5) is 0. The molecule has 90 valence electrons. The van der Waals surface area contributed by atoms with E-state index >= 15 is 0 Å². The molecule has 6 heteroatoms. The van der Waals surface area contributed by atoms with E-state index in [1.165, 1.54) is 0 Å². The van der Waals surface area contributed by atoms with Gasteiger partial charge >= 0.3 is 0 Å². The maximum absolute atomic E-state index is 11.5. The third-order valence-corrected chi connectivity index (χ3v) is 3.27. The van der Waals surface area contributed by atoms with Crippen LogP contribution in [0.5, 0.6) is 0 Å². The second-order valence-corrected chi connectivity index (χ2v) is 4.96. The van der Waals surface area contributed by atoms with Gasteiger partial charge in [0.05, 0.1) is 5.69 Å². The summed E-state index contributed by atoms with van der Waals surface area (Å²) in [5.74, 6) is 0. The van der Waals surface area contributed by atoms with Crippen LogP contribution in [-0.4, -0.2) is 15.0 Å². The highest BCUT2D eigenvalue weighted by Gasteiger charge is 2.09. The predicted octanol–water partition coefficient (Wildman–Crippen LogP) is 0.720. The molecule has 0 radical (unpaired) electrons. The molecule has 0 aliphatic carbocycles. The molecule has 0 aliphatic heterocycles. The van der Waals surface area contributed by atoms with Crippen molar-refractivity contribution in [1.29, 1.82) is 0 Å². The number of aryl methyl sites for hydroxylation is 1. The van der Waals surface area contributed by atoms with Crippen molar-refractivity contribution in [3.05, 3.63) is 29.3 Å². The van der Waals surface area contributed by atoms with Gasteiger partial charge < -0.3 is 5.73 Å². The van der Waals surface area contributed by atoms with Crippen LogP contribution in [0.25, 0.3) is 0 Å². The van der Waals surface area contributed by atoms with Crippen LogP contribution in [0, 0.1) is 6.92 Å². The van der Waals surface area contributed by atoms with Gasteiger partial charge in [0.1, 0.15) is 0 Å². The molecule has 0 unspecified atom stereocenters. The molecule has 5 nitrogen and oxygen atoms in total. The maximum atomic E-state index is 11.5. The van der Waals surface area contributed by atoms with Gasteiger partial charge in [0.25, 0.3) is 10.2 Å². The minimum Gasteiger partial charge on any atom is -0.326 e. The molecular formula is C10H17N3O2S. The van der Waals surface area contributed by atoms with E-state index in [1.807, 2.05) is 19.1 Å². The molecule has 0 saturated heterocycles. The monoisotopic (exact) mass is 243 g/mol. The zero-order valence-corrected chi connectivity index (χ0v) is 10.3. The molecule has 0 atom stereocenters. The summed E-state index contributed by atoms with van der Waals surface area (Å²) in [6.07, 6.45) is 0. The number of hydrogen-bond acceptors (Lipinski definition) is 3. The van der Waals surface area contributed by atoms with Gasteiger partial charge in [-0.05, 0) is 24.1 Å². The second kappa shape index (κ2) is 5.29. The summed E-state index contributed by atoms with van der Waals surface area (Å²) < 4.78 is 27.8. The smallest absolute Gasteiger partial charge is 0.299 e. The Hall–Kier alpha value is -1.11. The first-order chi connectivity index (χ1) is 7.48. The Bertz CT molecular complexity index is 457. The lowest BCUT2D eigenvalue weighted by Gasteiger charge is -2.11. The fourth-order valence-corrected chi connectivity index (χ4v) is 2.24. The molecule has 1 aromatic carbocycles. The summed E-state index contributed by atoms with van der Waals surface area (Å²) >= 11 is 0. The van der Waals surface area contributed by atoms with Gasteiger partial charge in [-0.2, -0.15) is 13.1 Å². The Morgan fingerprint density at radius 2 is 2.06 bits per heavy atom. The van der Waals surface area contributed by atoms with E-state index in [9.17, 15) is 8.42 Å². The Morgan fingerprint density at radius 1 is 1.38 bits per heavy atom. The first-order valence-corrected chi connectivity index (χ1v) is 6.54. The van der Waals surface area contributed by atoms with Crippen molar-refractivity contribution in [2.24, 2.45) is 5.73 Å². The van der Waals surface area contributed by atoms with E-state index in [2.05, 4.69) is 9.44 Å². The van der Waals surface area contributed by atoms with E-state index in [0.29, 0.717) is 18.8 Å². The van der Waals surface area contributed by atoms with Crippen LogP contribution < -0.4 is 15.2 Å². The third kappa shape index (κ3) is 3.48. The first kappa shape index (κ1) is 13.0. The fourth-order valence-electron chi connectivity index (χ4n) is 1.28.